The van der Waals surface area contributed by atoms with Gasteiger partial charge in [-0.25, -0.2) is 9.78 Å². The molecule has 0 aliphatic heterocycles. The predicted octanol–water partition coefficient (Wildman–Crippen LogP) is 5.02. The molecule has 1 aromatic heterocycles. The Morgan fingerprint density at radius 3 is 2.68 bits per heavy atom. The molecular weight excluding hydrogens is 396 g/mol. The maximum Gasteiger partial charge on any atom is 0.508 e. The lowest BCUT2D eigenvalue weighted by molar-refractivity contribution is -0.0115. The van der Waals surface area contributed by atoms with Crippen molar-refractivity contribution in [3.63, 3.8) is 0 Å². The van der Waals surface area contributed by atoms with Crippen LogP contribution in [0.3, 0.4) is 0 Å². The number of carbonyl (C=O) groups excluding carboxylic acids is 1. The summed E-state index contributed by atoms with van der Waals surface area (Å²) in [6, 6.07) is 8.06. The highest BCUT2D eigenvalue weighted by Gasteiger charge is 2.17. The number of nitrogens with one attached hydrogen (secondary N) is 1. The molecule has 31 heavy (non-hydrogen) atoms. The number of benzene rings is 1. The first kappa shape index (κ1) is 24.2. The highest BCUT2D eigenvalue weighted by atomic mass is 16.7. The van der Waals surface area contributed by atoms with E-state index in [0.717, 1.165) is 42.4 Å². The number of fused-ring (bicyclic) bond motifs is 1. The van der Waals surface area contributed by atoms with Gasteiger partial charge in [-0.1, -0.05) is 13.3 Å². The van der Waals surface area contributed by atoms with E-state index in [1.807, 2.05) is 25.1 Å². The SMILES string of the molecule is CCc1nc(OCCOC(=O)OC(C)(C)C)c2cc(NCCCCCC#N)ccc2n1. The first-order chi connectivity index (χ1) is 14.8. The van der Waals surface area contributed by atoms with Crippen LogP contribution >= 0.6 is 0 Å². The van der Waals surface area contributed by atoms with Crippen molar-refractivity contribution in [2.45, 2.75) is 65.4 Å². The zero-order valence-corrected chi connectivity index (χ0v) is 18.9. The summed E-state index contributed by atoms with van der Waals surface area (Å²) in [5, 5.41) is 12.8. The van der Waals surface area contributed by atoms with E-state index in [4.69, 9.17) is 19.5 Å². The second-order valence-electron chi connectivity index (χ2n) is 8.09. The summed E-state index contributed by atoms with van der Waals surface area (Å²) in [4.78, 5) is 20.7. The van der Waals surface area contributed by atoms with Crippen LogP contribution < -0.4 is 10.1 Å². The van der Waals surface area contributed by atoms with E-state index in [9.17, 15) is 4.79 Å². The van der Waals surface area contributed by atoms with Gasteiger partial charge >= 0.3 is 6.16 Å². The number of aryl methyl sites for hydroxylation is 1. The summed E-state index contributed by atoms with van der Waals surface area (Å²) in [5.41, 5.74) is 1.15. The van der Waals surface area contributed by atoms with Crippen LogP contribution in [-0.4, -0.2) is 41.5 Å². The van der Waals surface area contributed by atoms with Crippen molar-refractivity contribution in [1.29, 1.82) is 5.26 Å². The largest absolute Gasteiger partial charge is 0.508 e. The second kappa shape index (κ2) is 11.9. The van der Waals surface area contributed by atoms with Crippen LogP contribution in [0, 0.1) is 11.3 Å². The van der Waals surface area contributed by atoms with Crippen molar-refractivity contribution >= 4 is 22.7 Å². The average molecular weight is 429 g/mol. The number of nitriles is 1. The minimum Gasteiger partial charge on any atom is -0.474 e. The van der Waals surface area contributed by atoms with E-state index >= 15 is 0 Å². The second-order valence-corrected chi connectivity index (χ2v) is 8.09. The number of hydrogen-bond acceptors (Lipinski definition) is 8. The number of nitrogens with zero attached hydrogens (tertiary/aromatic N) is 3. The summed E-state index contributed by atoms with van der Waals surface area (Å²) in [7, 11) is 0. The maximum atomic E-state index is 11.7. The van der Waals surface area contributed by atoms with Crippen molar-refractivity contribution in [2.24, 2.45) is 0 Å². The summed E-state index contributed by atoms with van der Waals surface area (Å²) in [6.07, 6.45) is 3.50. The predicted molar refractivity (Wildman–Crippen MR) is 119 cm³/mol. The molecule has 0 atom stereocenters. The van der Waals surface area contributed by atoms with Gasteiger partial charge in [0.05, 0.1) is 17.0 Å². The van der Waals surface area contributed by atoms with Gasteiger partial charge in [-0.2, -0.15) is 10.2 Å². The summed E-state index contributed by atoms with van der Waals surface area (Å²) in [5.74, 6) is 1.15. The van der Waals surface area contributed by atoms with Crippen LogP contribution in [0.2, 0.25) is 0 Å². The molecule has 0 fully saturated rings. The molecule has 0 unspecified atom stereocenters. The average Bonchev–Trinajstić information content (AvgIpc) is 2.72. The Balaban J connectivity index is 1.99. The Hall–Kier alpha value is -3.08. The fourth-order valence-electron chi connectivity index (χ4n) is 2.81. The summed E-state index contributed by atoms with van der Waals surface area (Å²) < 4.78 is 16.0. The van der Waals surface area contributed by atoms with Gasteiger partial charge in [0.25, 0.3) is 0 Å². The van der Waals surface area contributed by atoms with Gasteiger partial charge in [0.2, 0.25) is 5.88 Å². The molecule has 8 nitrogen and oxygen atoms in total. The number of rotatable bonds is 11. The third-order valence-corrected chi connectivity index (χ3v) is 4.25. The Bertz CT molecular complexity index is 903. The maximum absolute atomic E-state index is 11.7. The van der Waals surface area contributed by atoms with E-state index in [2.05, 4.69) is 21.4 Å². The van der Waals surface area contributed by atoms with Crippen molar-refractivity contribution in [2.75, 3.05) is 25.1 Å². The summed E-state index contributed by atoms with van der Waals surface area (Å²) >= 11 is 0. The Morgan fingerprint density at radius 1 is 1.16 bits per heavy atom. The number of aromatic nitrogens is 2. The standard InChI is InChI=1S/C23H32N4O4/c1-5-20-26-19-11-10-17(25-13-9-7-6-8-12-24)16-18(19)21(27-20)29-14-15-30-22(28)31-23(2,3)4/h10-11,16,25H,5-9,13-15H2,1-4H3. The van der Waals surface area contributed by atoms with Gasteiger partial charge in [-0.05, 0) is 51.8 Å². The first-order valence-corrected chi connectivity index (χ1v) is 10.7. The molecule has 2 aromatic rings. The van der Waals surface area contributed by atoms with E-state index in [-0.39, 0.29) is 13.2 Å². The number of carbonyl (C=O) groups is 1. The molecule has 2 rings (SSSR count). The highest BCUT2D eigenvalue weighted by molar-refractivity contribution is 5.86. The molecule has 1 aromatic carbocycles. The molecule has 168 valence electrons. The lowest BCUT2D eigenvalue weighted by Gasteiger charge is -2.18. The van der Waals surface area contributed by atoms with Crippen LogP contribution in [0.4, 0.5) is 10.5 Å². The Kier molecular flexibility index (Phi) is 9.32. The lowest BCUT2D eigenvalue weighted by Crippen LogP contribution is -2.25. The third kappa shape index (κ3) is 8.67. The molecule has 0 spiro atoms. The number of ether oxygens (including phenoxy) is 3. The lowest BCUT2D eigenvalue weighted by atomic mass is 10.2. The van der Waals surface area contributed by atoms with Crippen molar-refractivity contribution < 1.29 is 19.0 Å². The zero-order chi connectivity index (χ0) is 22.7. The Labute approximate surface area is 183 Å². The topological polar surface area (TPSA) is 106 Å². The molecule has 0 aliphatic carbocycles. The molecule has 0 aliphatic rings. The molecule has 0 saturated carbocycles. The fraction of sp³-hybridized carbons (Fsp3) is 0.565. The minimum absolute atomic E-state index is 0.0580. The van der Waals surface area contributed by atoms with Crippen molar-refractivity contribution in [3.05, 3.63) is 24.0 Å². The molecule has 1 N–H and O–H groups in total. The zero-order valence-electron chi connectivity index (χ0n) is 18.9. The molecule has 0 bridgehead atoms. The third-order valence-electron chi connectivity index (χ3n) is 4.25. The van der Waals surface area contributed by atoms with Gasteiger partial charge in [0.1, 0.15) is 24.6 Å². The fourth-order valence-corrected chi connectivity index (χ4v) is 2.81. The molecule has 8 heteroatoms. The monoisotopic (exact) mass is 428 g/mol. The van der Waals surface area contributed by atoms with Crippen LogP contribution in [0.1, 0.15) is 59.2 Å². The molecule has 0 amide bonds. The van der Waals surface area contributed by atoms with Gasteiger partial charge in [-0.15, -0.1) is 0 Å². The summed E-state index contributed by atoms with van der Waals surface area (Å²) in [6.45, 7) is 8.36. The van der Waals surface area contributed by atoms with Crippen LogP contribution in [0.15, 0.2) is 18.2 Å². The Morgan fingerprint density at radius 2 is 1.97 bits per heavy atom. The van der Waals surface area contributed by atoms with Gasteiger partial charge in [0.15, 0.2) is 0 Å². The van der Waals surface area contributed by atoms with E-state index < -0.39 is 11.8 Å². The normalized spacial score (nSPS) is 11.1. The molecule has 0 saturated heterocycles. The van der Waals surface area contributed by atoms with Crippen molar-refractivity contribution in [1.82, 2.24) is 9.97 Å². The highest BCUT2D eigenvalue weighted by Crippen LogP contribution is 2.26. The number of unbranched alkanes of at least 4 members (excludes halogenated alkanes) is 3. The van der Waals surface area contributed by atoms with Gasteiger partial charge < -0.3 is 19.5 Å². The van der Waals surface area contributed by atoms with E-state index in [1.165, 1.54) is 0 Å². The quantitative estimate of drug-likeness (QED) is 0.393. The smallest absolute Gasteiger partial charge is 0.474 e. The molecule has 0 radical (unpaired) electrons. The first-order valence-electron chi connectivity index (χ1n) is 10.7. The molecular formula is C23H32N4O4. The van der Waals surface area contributed by atoms with Crippen LogP contribution in [-0.2, 0) is 15.9 Å². The minimum atomic E-state index is -0.723. The number of anilines is 1. The van der Waals surface area contributed by atoms with Gasteiger partial charge in [-0.3, -0.25) is 0 Å². The number of hydrogen-bond donors (Lipinski definition) is 1. The van der Waals surface area contributed by atoms with E-state index in [0.29, 0.717) is 24.5 Å². The van der Waals surface area contributed by atoms with Gasteiger partial charge in [0, 0.05) is 25.1 Å². The molecule has 1 heterocycles. The van der Waals surface area contributed by atoms with Crippen LogP contribution in [0.5, 0.6) is 5.88 Å². The van der Waals surface area contributed by atoms with E-state index in [1.54, 1.807) is 20.8 Å². The van der Waals surface area contributed by atoms with Crippen molar-refractivity contribution in [3.8, 4) is 11.9 Å². The van der Waals surface area contributed by atoms with Crippen LogP contribution in [0.25, 0.3) is 10.9 Å².